The fourth-order valence-electron chi connectivity index (χ4n) is 2.93. The summed E-state index contributed by atoms with van der Waals surface area (Å²) in [6, 6.07) is 0.442. The van der Waals surface area contributed by atoms with E-state index in [-0.39, 0.29) is 0 Å². The number of nitrogens with zero attached hydrogens (tertiary/aromatic N) is 3. The summed E-state index contributed by atoms with van der Waals surface area (Å²) in [4.78, 5) is 11.3. The Morgan fingerprint density at radius 3 is 2.67 bits per heavy atom. The molecule has 0 saturated carbocycles. The molecule has 0 radical (unpaired) electrons. The molecule has 6 heteroatoms. The van der Waals surface area contributed by atoms with Crippen LogP contribution in [0.25, 0.3) is 0 Å². The highest BCUT2D eigenvalue weighted by Gasteiger charge is 2.34. The van der Waals surface area contributed by atoms with E-state index in [1.807, 2.05) is 0 Å². The average Bonchev–Trinajstić information content (AvgIpc) is 2.40. The summed E-state index contributed by atoms with van der Waals surface area (Å²) in [5.41, 5.74) is 6.28. The lowest BCUT2D eigenvalue weighted by molar-refractivity contribution is 0.0973. The maximum Gasteiger partial charge on any atom is 0.155 e. The number of nitrogens with two attached hydrogens (primary N) is 1. The van der Waals surface area contributed by atoms with E-state index in [1.54, 1.807) is 12.4 Å². The first-order chi connectivity index (χ1) is 8.74. The van der Waals surface area contributed by atoms with E-state index in [0.717, 1.165) is 18.3 Å². The molecule has 4 rings (SSSR count). The molecule has 0 amide bonds. The first-order valence-electron chi connectivity index (χ1n) is 6.34. The van der Waals surface area contributed by atoms with Gasteiger partial charge in [0.2, 0.25) is 0 Å². The summed E-state index contributed by atoms with van der Waals surface area (Å²) in [6.45, 7) is 3.54. The molecule has 1 atom stereocenters. The Labute approximate surface area is 112 Å². The Morgan fingerprint density at radius 2 is 2.06 bits per heavy atom. The summed E-state index contributed by atoms with van der Waals surface area (Å²) in [5.74, 6) is 1.46. The molecule has 1 unspecified atom stereocenters. The number of rotatable bonds is 3. The minimum atomic E-state index is 0.298. The normalized spacial score (nSPS) is 30.1. The monoisotopic (exact) mass is 263 g/mol. The molecule has 0 spiro atoms. The number of thiocarbonyl (C=S) groups is 1. The van der Waals surface area contributed by atoms with Crippen LogP contribution in [0.5, 0.6) is 0 Å². The van der Waals surface area contributed by atoms with Gasteiger partial charge in [-0.1, -0.05) is 12.2 Å². The predicted molar refractivity (Wildman–Crippen MR) is 74.5 cm³/mol. The molecular weight excluding hydrogens is 246 g/mol. The minimum absolute atomic E-state index is 0.298. The number of piperidine rings is 3. The van der Waals surface area contributed by atoms with Crippen LogP contribution in [0.4, 0.5) is 5.82 Å². The van der Waals surface area contributed by atoms with Crippen molar-refractivity contribution in [3.8, 4) is 0 Å². The third-order valence-corrected chi connectivity index (χ3v) is 4.10. The Hall–Kier alpha value is -1.27. The fraction of sp³-hybridized carbons (Fsp3) is 0.583. The average molecular weight is 263 g/mol. The minimum Gasteiger partial charge on any atom is -0.388 e. The molecule has 4 heterocycles. The smallest absolute Gasteiger partial charge is 0.155 e. The molecule has 18 heavy (non-hydrogen) atoms. The lowest BCUT2D eigenvalue weighted by Gasteiger charge is -2.45. The van der Waals surface area contributed by atoms with Crippen molar-refractivity contribution < 1.29 is 0 Å². The highest BCUT2D eigenvalue weighted by atomic mass is 32.1. The maximum atomic E-state index is 5.67. The van der Waals surface area contributed by atoms with Crippen LogP contribution in [0, 0.1) is 5.92 Å². The topological polar surface area (TPSA) is 67.1 Å². The lowest BCUT2D eigenvalue weighted by Crippen LogP contribution is -2.53. The standard InChI is InChI=1S/C12H17N5S/c13-11(18)10-12(15-4-3-14-10)16-9-7-17-5-1-8(9)2-6-17/h3-4,8-9H,1-2,5-7H2,(H2,13,18)(H,15,16). The number of fused-ring (bicyclic) bond motifs is 3. The Bertz CT molecular complexity index is 456. The summed E-state index contributed by atoms with van der Waals surface area (Å²) < 4.78 is 0. The zero-order valence-corrected chi connectivity index (χ0v) is 11.0. The number of nitrogens with one attached hydrogen (secondary N) is 1. The van der Waals surface area contributed by atoms with E-state index < -0.39 is 0 Å². The molecule has 3 aliphatic rings. The molecule has 3 N–H and O–H groups in total. The third-order valence-electron chi connectivity index (χ3n) is 3.91. The SMILES string of the molecule is NC(=S)c1nccnc1NC1CN2CCC1CC2. The Kier molecular flexibility index (Phi) is 3.13. The molecule has 3 aliphatic heterocycles. The van der Waals surface area contributed by atoms with E-state index in [1.165, 1.54) is 25.9 Å². The molecular formula is C12H17N5S. The van der Waals surface area contributed by atoms with E-state index >= 15 is 0 Å². The van der Waals surface area contributed by atoms with Gasteiger partial charge in [-0.25, -0.2) is 9.97 Å². The van der Waals surface area contributed by atoms with Gasteiger partial charge in [-0.15, -0.1) is 0 Å². The zero-order chi connectivity index (χ0) is 12.5. The van der Waals surface area contributed by atoms with Gasteiger partial charge in [0.05, 0.1) is 0 Å². The van der Waals surface area contributed by atoms with Gasteiger partial charge in [0.15, 0.2) is 5.82 Å². The molecule has 1 aromatic rings. The zero-order valence-electron chi connectivity index (χ0n) is 10.2. The second-order valence-electron chi connectivity index (χ2n) is 5.01. The molecule has 2 bridgehead atoms. The van der Waals surface area contributed by atoms with E-state index in [2.05, 4.69) is 20.2 Å². The van der Waals surface area contributed by atoms with E-state index in [4.69, 9.17) is 18.0 Å². The maximum absolute atomic E-state index is 5.67. The summed E-state index contributed by atoms with van der Waals surface area (Å²) in [6.07, 6.45) is 5.82. The molecule has 3 saturated heterocycles. The Balaban J connectivity index is 1.78. The summed E-state index contributed by atoms with van der Waals surface area (Å²) in [5, 5.41) is 3.48. The summed E-state index contributed by atoms with van der Waals surface area (Å²) >= 11 is 5.01. The van der Waals surface area contributed by atoms with Crippen LogP contribution >= 0.6 is 12.2 Å². The van der Waals surface area contributed by atoms with Gasteiger partial charge in [-0.05, 0) is 31.8 Å². The second-order valence-corrected chi connectivity index (χ2v) is 5.45. The largest absolute Gasteiger partial charge is 0.388 e. The molecule has 0 aromatic carbocycles. The Morgan fingerprint density at radius 1 is 1.33 bits per heavy atom. The molecule has 1 aromatic heterocycles. The van der Waals surface area contributed by atoms with Crippen molar-refractivity contribution in [2.75, 3.05) is 25.0 Å². The quantitative estimate of drug-likeness (QED) is 0.779. The van der Waals surface area contributed by atoms with Gasteiger partial charge in [-0.3, -0.25) is 0 Å². The highest BCUT2D eigenvalue weighted by Crippen LogP contribution is 2.29. The second kappa shape index (κ2) is 4.78. The van der Waals surface area contributed by atoms with Crippen LogP contribution in [-0.2, 0) is 0 Å². The van der Waals surface area contributed by atoms with Crippen molar-refractivity contribution >= 4 is 23.0 Å². The van der Waals surface area contributed by atoms with Crippen molar-refractivity contribution in [2.24, 2.45) is 11.7 Å². The molecule has 0 aliphatic carbocycles. The van der Waals surface area contributed by atoms with Crippen molar-refractivity contribution in [1.29, 1.82) is 0 Å². The van der Waals surface area contributed by atoms with Crippen molar-refractivity contribution in [3.63, 3.8) is 0 Å². The van der Waals surface area contributed by atoms with Crippen molar-refractivity contribution in [1.82, 2.24) is 14.9 Å². The first kappa shape index (κ1) is 11.8. The van der Waals surface area contributed by atoms with E-state index in [0.29, 0.717) is 16.7 Å². The molecule has 3 fully saturated rings. The van der Waals surface area contributed by atoms with Crippen molar-refractivity contribution in [3.05, 3.63) is 18.1 Å². The van der Waals surface area contributed by atoms with Crippen LogP contribution in [0.15, 0.2) is 12.4 Å². The fourth-order valence-corrected chi connectivity index (χ4v) is 3.08. The lowest BCUT2D eigenvalue weighted by atomic mass is 9.84. The van der Waals surface area contributed by atoms with Gasteiger partial charge >= 0.3 is 0 Å². The number of hydrogen-bond donors (Lipinski definition) is 2. The van der Waals surface area contributed by atoms with E-state index in [9.17, 15) is 0 Å². The summed E-state index contributed by atoms with van der Waals surface area (Å²) in [7, 11) is 0. The van der Waals surface area contributed by atoms with Crippen molar-refractivity contribution in [2.45, 2.75) is 18.9 Å². The van der Waals surface area contributed by atoms with Crippen LogP contribution in [-0.4, -0.2) is 45.5 Å². The predicted octanol–water partition coefficient (Wildman–Crippen LogP) is 0.617. The number of hydrogen-bond acceptors (Lipinski definition) is 5. The van der Waals surface area contributed by atoms with Gasteiger partial charge in [0.25, 0.3) is 0 Å². The molecule has 96 valence electrons. The van der Waals surface area contributed by atoms with Crippen LogP contribution in [0.3, 0.4) is 0 Å². The molecule has 5 nitrogen and oxygen atoms in total. The van der Waals surface area contributed by atoms with Gasteiger partial charge < -0.3 is 16.0 Å². The first-order valence-corrected chi connectivity index (χ1v) is 6.74. The number of anilines is 1. The van der Waals surface area contributed by atoms with Crippen LogP contribution in [0.1, 0.15) is 18.5 Å². The van der Waals surface area contributed by atoms with Crippen LogP contribution in [0.2, 0.25) is 0 Å². The van der Waals surface area contributed by atoms with Gasteiger partial charge in [0, 0.05) is 25.0 Å². The number of aromatic nitrogens is 2. The van der Waals surface area contributed by atoms with Gasteiger partial charge in [0.1, 0.15) is 10.7 Å². The van der Waals surface area contributed by atoms with Crippen LogP contribution < -0.4 is 11.1 Å². The third kappa shape index (κ3) is 2.18. The van der Waals surface area contributed by atoms with Gasteiger partial charge in [-0.2, -0.15) is 0 Å². The highest BCUT2D eigenvalue weighted by molar-refractivity contribution is 7.80.